The Balaban J connectivity index is 2.19. The number of benzene rings is 1. The van der Waals surface area contributed by atoms with Crippen LogP contribution in [0.1, 0.15) is 22.8 Å². The number of nitrogens with zero attached hydrogens (tertiary/aromatic N) is 2. The third kappa shape index (κ3) is 4.14. The highest BCUT2D eigenvalue weighted by molar-refractivity contribution is 9.10. The molecule has 0 aliphatic carbocycles. The topological polar surface area (TPSA) is 62.3 Å². The molecule has 0 spiro atoms. The second kappa shape index (κ2) is 7.17. The minimum absolute atomic E-state index is 0.0303. The van der Waals surface area contributed by atoms with Crippen molar-refractivity contribution < 1.29 is 9.59 Å². The Kier molecular flexibility index (Phi) is 5.27. The largest absolute Gasteiger partial charge is 0.342 e. The highest BCUT2D eigenvalue weighted by Crippen LogP contribution is 2.18. The van der Waals surface area contributed by atoms with E-state index < -0.39 is 0 Å². The fraction of sp³-hybridized carbons (Fsp3) is 0.188. The molecule has 0 atom stereocenters. The Hall–Kier alpha value is -2.21. The van der Waals surface area contributed by atoms with Gasteiger partial charge in [0.25, 0.3) is 5.91 Å². The lowest BCUT2D eigenvalue weighted by atomic mass is 10.1. The first kappa shape index (κ1) is 16.2. The molecule has 5 nitrogen and oxygen atoms in total. The van der Waals surface area contributed by atoms with Gasteiger partial charge in [0, 0.05) is 43.1 Å². The van der Waals surface area contributed by atoms with Gasteiger partial charge in [0.05, 0.1) is 5.56 Å². The average Bonchev–Trinajstić information content (AvgIpc) is 2.49. The van der Waals surface area contributed by atoms with Gasteiger partial charge in [-0.05, 0) is 33.6 Å². The van der Waals surface area contributed by atoms with Crippen LogP contribution in [0, 0.1) is 0 Å². The van der Waals surface area contributed by atoms with Gasteiger partial charge in [-0.1, -0.05) is 18.2 Å². The fourth-order valence-electron chi connectivity index (χ4n) is 1.88. The lowest BCUT2D eigenvalue weighted by Crippen LogP contribution is -2.24. The van der Waals surface area contributed by atoms with Gasteiger partial charge in [-0.15, -0.1) is 0 Å². The molecule has 0 aliphatic heterocycles. The average molecular weight is 362 g/mol. The Bertz CT molecular complexity index is 703. The number of halogens is 1. The van der Waals surface area contributed by atoms with E-state index in [1.54, 1.807) is 24.2 Å². The van der Waals surface area contributed by atoms with Crippen LogP contribution in [0.4, 0.5) is 5.69 Å². The van der Waals surface area contributed by atoms with Crippen molar-refractivity contribution in [1.29, 1.82) is 0 Å². The van der Waals surface area contributed by atoms with Crippen molar-refractivity contribution in [1.82, 2.24) is 9.88 Å². The Morgan fingerprint density at radius 1 is 1.27 bits per heavy atom. The summed E-state index contributed by atoms with van der Waals surface area (Å²) < 4.78 is 0.741. The molecule has 1 heterocycles. The highest BCUT2D eigenvalue weighted by Gasteiger charge is 2.11. The number of rotatable bonds is 4. The van der Waals surface area contributed by atoms with Gasteiger partial charge in [0.1, 0.15) is 0 Å². The van der Waals surface area contributed by atoms with Crippen LogP contribution in [-0.2, 0) is 11.3 Å². The molecule has 0 saturated heterocycles. The van der Waals surface area contributed by atoms with Gasteiger partial charge in [0.15, 0.2) is 0 Å². The number of aromatic nitrogens is 1. The van der Waals surface area contributed by atoms with Gasteiger partial charge in [-0.2, -0.15) is 0 Å². The Morgan fingerprint density at radius 2 is 2.00 bits per heavy atom. The summed E-state index contributed by atoms with van der Waals surface area (Å²) in [7, 11) is 1.72. The van der Waals surface area contributed by atoms with E-state index in [1.165, 1.54) is 13.1 Å². The Labute approximate surface area is 137 Å². The molecule has 0 unspecified atom stereocenters. The van der Waals surface area contributed by atoms with Crippen LogP contribution in [0.25, 0.3) is 0 Å². The van der Waals surface area contributed by atoms with Gasteiger partial charge in [0.2, 0.25) is 5.91 Å². The van der Waals surface area contributed by atoms with E-state index in [0.29, 0.717) is 17.8 Å². The molecule has 0 radical (unpaired) electrons. The van der Waals surface area contributed by atoms with Crippen molar-refractivity contribution in [3.05, 3.63) is 58.3 Å². The first-order valence-corrected chi connectivity index (χ1v) is 7.48. The van der Waals surface area contributed by atoms with E-state index in [-0.39, 0.29) is 11.8 Å². The molecule has 114 valence electrons. The summed E-state index contributed by atoms with van der Waals surface area (Å²) in [5.74, 6) is -0.274. The maximum Gasteiger partial charge on any atom is 0.257 e. The van der Waals surface area contributed by atoms with Gasteiger partial charge >= 0.3 is 0 Å². The van der Waals surface area contributed by atoms with E-state index in [2.05, 4.69) is 26.2 Å². The number of anilines is 1. The summed E-state index contributed by atoms with van der Waals surface area (Å²) in [5.41, 5.74) is 2.01. The molecule has 0 fully saturated rings. The molecule has 1 aromatic carbocycles. The third-order valence-corrected chi connectivity index (χ3v) is 3.61. The Morgan fingerprint density at radius 3 is 2.68 bits per heavy atom. The molecule has 0 saturated carbocycles. The first-order chi connectivity index (χ1) is 10.5. The third-order valence-electron chi connectivity index (χ3n) is 3.18. The first-order valence-electron chi connectivity index (χ1n) is 6.69. The summed E-state index contributed by atoms with van der Waals surface area (Å²) >= 11 is 3.29. The normalized spacial score (nSPS) is 10.1. The van der Waals surface area contributed by atoms with Crippen molar-refractivity contribution in [2.45, 2.75) is 13.5 Å². The predicted octanol–water partition coefficient (Wildman–Crippen LogP) is 3.07. The van der Waals surface area contributed by atoms with Crippen molar-refractivity contribution in [2.75, 3.05) is 12.4 Å². The number of pyridine rings is 1. The summed E-state index contributed by atoms with van der Waals surface area (Å²) in [6, 6.07) is 9.11. The molecule has 1 N–H and O–H groups in total. The number of amides is 2. The van der Waals surface area contributed by atoms with Crippen molar-refractivity contribution in [2.24, 2.45) is 0 Å². The van der Waals surface area contributed by atoms with E-state index >= 15 is 0 Å². The van der Waals surface area contributed by atoms with Crippen LogP contribution in [-0.4, -0.2) is 28.7 Å². The fourth-order valence-corrected chi connectivity index (χ4v) is 2.24. The second-order valence-corrected chi connectivity index (χ2v) is 5.79. The second-order valence-electron chi connectivity index (χ2n) is 4.88. The SMILES string of the molecule is CC(=O)N(C)Cc1ccccc1NC(=O)c1cncc(Br)c1. The zero-order valence-electron chi connectivity index (χ0n) is 12.3. The molecule has 0 aliphatic rings. The van der Waals surface area contributed by atoms with Gasteiger partial charge in [-0.25, -0.2) is 0 Å². The van der Waals surface area contributed by atoms with Crippen molar-refractivity contribution in [3.63, 3.8) is 0 Å². The molecular formula is C16H16BrN3O2. The number of hydrogen-bond acceptors (Lipinski definition) is 3. The van der Waals surface area contributed by atoms with Gasteiger partial charge in [-0.3, -0.25) is 14.6 Å². The summed E-state index contributed by atoms with van der Waals surface area (Å²) in [4.78, 5) is 29.2. The summed E-state index contributed by atoms with van der Waals surface area (Å²) in [5, 5.41) is 2.86. The van der Waals surface area contributed by atoms with E-state index in [4.69, 9.17) is 0 Å². The summed E-state index contributed by atoms with van der Waals surface area (Å²) in [6.45, 7) is 1.94. The zero-order valence-corrected chi connectivity index (χ0v) is 13.9. The number of para-hydroxylation sites is 1. The molecule has 2 amide bonds. The highest BCUT2D eigenvalue weighted by atomic mass is 79.9. The van der Waals surface area contributed by atoms with Gasteiger partial charge < -0.3 is 10.2 Å². The van der Waals surface area contributed by atoms with E-state index in [1.807, 2.05) is 24.3 Å². The molecule has 0 bridgehead atoms. The minimum Gasteiger partial charge on any atom is -0.342 e. The number of hydrogen-bond donors (Lipinski definition) is 1. The van der Waals surface area contributed by atoms with Crippen LogP contribution < -0.4 is 5.32 Å². The minimum atomic E-state index is -0.244. The molecule has 22 heavy (non-hydrogen) atoms. The van der Waals surface area contributed by atoms with Crippen LogP contribution in [0.5, 0.6) is 0 Å². The predicted molar refractivity (Wildman–Crippen MR) is 88.5 cm³/mol. The van der Waals surface area contributed by atoms with E-state index in [0.717, 1.165) is 10.0 Å². The molecular weight excluding hydrogens is 346 g/mol. The maximum absolute atomic E-state index is 12.3. The van der Waals surface area contributed by atoms with Crippen molar-refractivity contribution >= 4 is 33.4 Å². The number of nitrogens with one attached hydrogen (secondary N) is 1. The van der Waals surface area contributed by atoms with Crippen LogP contribution in [0.15, 0.2) is 47.2 Å². The smallest absolute Gasteiger partial charge is 0.257 e. The van der Waals surface area contributed by atoms with Crippen LogP contribution in [0.2, 0.25) is 0 Å². The van der Waals surface area contributed by atoms with Crippen LogP contribution >= 0.6 is 15.9 Å². The molecule has 1 aromatic heterocycles. The van der Waals surface area contributed by atoms with Crippen molar-refractivity contribution in [3.8, 4) is 0 Å². The quantitative estimate of drug-likeness (QED) is 0.909. The standard InChI is InChI=1S/C16H16BrN3O2/c1-11(21)20(2)10-12-5-3-4-6-15(12)19-16(22)13-7-14(17)9-18-8-13/h3-9H,10H2,1-2H3,(H,19,22). The lowest BCUT2D eigenvalue weighted by Gasteiger charge is -2.17. The zero-order chi connectivity index (χ0) is 16.1. The van der Waals surface area contributed by atoms with Crippen LogP contribution in [0.3, 0.4) is 0 Å². The number of carbonyl (C=O) groups is 2. The monoisotopic (exact) mass is 361 g/mol. The summed E-state index contributed by atoms with van der Waals surface area (Å²) in [6.07, 6.45) is 3.12. The molecule has 6 heteroatoms. The van der Waals surface area contributed by atoms with E-state index in [9.17, 15) is 9.59 Å². The number of carbonyl (C=O) groups excluding carboxylic acids is 2. The maximum atomic E-state index is 12.3. The molecule has 2 aromatic rings. The lowest BCUT2D eigenvalue weighted by molar-refractivity contribution is -0.128. The molecule has 2 rings (SSSR count).